The topological polar surface area (TPSA) is 175 Å². The normalized spacial score (nSPS) is 35.4. The van der Waals surface area contributed by atoms with E-state index < -0.39 is 44.3 Å². The highest BCUT2D eigenvalue weighted by molar-refractivity contribution is 7.53. The lowest BCUT2D eigenvalue weighted by Gasteiger charge is -2.27. The van der Waals surface area contributed by atoms with Crippen molar-refractivity contribution in [3.63, 3.8) is 0 Å². The molecule has 2 saturated heterocycles. The summed E-state index contributed by atoms with van der Waals surface area (Å²) in [5, 5.41) is 9.53. The predicted molar refractivity (Wildman–Crippen MR) is 80.9 cm³/mol. The molecule has 0 spiro atoms. The summed E-state index contributed by atoms with van der Waals surface area (Å²) >= 11 is 0. The molecule has 4 heterocycles. The van der Waals surface area contributed by atoms with Crippen molar-refractivity contribution in [2.75, 3.05) is 12.3 Å². The number of nitrogen functional groups attached to an aromatic ring is 1. The summed E-state index contributed by atoms with van der Waals surface area (Å²) in [4.78, 5) is 31.1. The van der Waals surface area contributed by atoms with Gasteiger partial charge in [0, 0.05) is 6.92 Å². The zero-order valence-electron chi connectivity index (χ0n) is 13.0. The third-order valence-electron chi connectivity index (χ3n) is 4.37. The standard InChI is InChI=1S/C12H16N5O7P/c1-12(25(19,20)21)23-7-5(2-18)22-11(8(7)24-12)17-4-16-6-9(13)14-3-15-10(6)17/h3-5,7-8,11,18H,2H2,1H3,(H2,13,14,15)(H2,19,20,21)/t5-,7-,8-,11-,12?/m1/s1. The van der Waals surface area contributed by atoms with Gasteiger partial charge in [0.2, 0.25) is 0 Å². The Labute approximate surface area is 140 Å². The fourth-order valence-electron chi connectivity index (χ4n) is 3.07. The van der Waals surface area contributed by atoms with Crippen molar-refractivity contribution >= 4 is 24.6 Å². The van der Waals surface area contributed by atoms with Gasteiger partial charge >= 0.3 is 7.60 Å². The number of nitrogens with zero attached hydrogens (tertiary/aromatic N) is 4. The summed E-state index contributed by atoms with van der Waals surface area (Å²) in [6.07, 6.45) is -0.784. The molecule has 0 aliphatic carbocycles. The first kappa shape index (κ1) is 16.8. The molecule has 2 aromatic rings. The van der Waals surface area contributed by atoms with E-state index in [0.29, 0.717) is 11.2 Å². The van der Waals surface area contributed by atoms with Crippen LogP contribution in [0.5, 0.6) is 0 Å². The van der Waals surface area contributed by atoms with E-state index in [0.717, 1.165) is 6.92 Å². The number of aliphatic hydroxyl groups excluding tert-OH is 1. The second kappa shape index (κ2) is 5.42. The van der Waals surface area contributed by atoms with Crippen molar-refractivity contribution in [3.05, 3.63) is 12.7 Å². The van der Waals surface area contributed by atoms with Crippen LogP contribution in [0, 0.1) is 0 Å². The minimum atomic E-state index is -4.73. The van der Waals surface area contributed by atoms with Gasteiger partial charge in [0.1, 0.15) is 30.2 Å². The lowest BCUT2D eigenvalue weighted by molar-refractivity contribution is -0.174. The molecule has 136 valence electrons. The number of fused-ring (bicyclic) bond motifs is 2. The molecule has 25 heavy (non-hydrogen) atoms. The Morgan fingerprint density at radius 2 is 2.04 bits per heavy atom. The van der Waals surface area contributed by atoms with Crippen LogP contribution in [0.1, 0.15) is 13.2 Å². The second-order valence-corrected chi connectivity index (χ2v) is 7.84. The number of hydrogen-bond acceptors (Lipinski definition) is 9. The molecule has 2 fully saturated rings. The van der Waals surface area contributed by atoms with E-state index >= 15 is 0 Å². The zero-order valence-corrected chi connectivity index (χ0v) is 13.9. The fraction of sp³-hybridized carbons (Fsp3) is 0.583. The number of anilines is 1. The minimum absolute atomic E-state index is 0.181. The third-order valence-corrected chi connectivity index (χ3v) is 5.63. The highest BCUT2D eigenvalue weighted by atomic mass is 31.2. The van der Waals surface area contributed by atoms with Gasteiger partial charge < -0.3 is 34.8 Å². The number of aliphatic hydroxyl groups is 1. The molecule has 0 amide bonds. The molecule has 2 aliphatic heterocycles. The number of hydrogen-bond donors (Lipinski definition) is 4. The van der Waals surface area contributed by atoms with Crippen LogP contribution in [0.15, 0.2) is 12.7 Å². The Hall–Kier alpha value is -1.66. The van der Waals surface area contributed by atoms with Crippen LogP contribution in [0.3, 0.4) is 0 Å². The second-order valence-electron chi connectivity index (χ2n) is 5.94. The maximum absolute atomic E-state index is 11.7. The fourth-order valence-corrected chi connectivity index (χ4v) is 3.59. The van der Waals surface area contributed by atoms with Gasteiger partial charge in [0.15, 0.2) is 17.7 Å². The first-order valence-electron chi connectivity index (χ1n) is 7.36. The van der Waals surface area contributed by atoms with Crippen LogP contribution in [0.4, 0.5) is 5.82 Å². The van der Waals surface area contributed by atoms with Crippen LogP contribution >= 0.6 is 7.60 Å². The molecular formula is C12H16N5O7P. The molecule has 2 aromatic heterocycles. The van der Waals surface area contributed by atoms with Crippen molar-refractivity contribution in [2.45, 2.75) is 37.0 Å². The highest BCUT2D eigenvalue weighted by Crippen LogP contribution is 2.59. The van der Waals surface area contributed by atoms with Crippen LogP contribution in [0.2, 0.25) is 0 Å². The number of imidazole rings is 1. The smallest absolute Gasteiger partial charge is 0.384 e. The summed E-state index contributed by atoms with van der Waals surface area (Å²) < 4.78 is 30.0. The number of rotatable bonds is 3. The van der Waals surface area contributed by atoms with Gasteiger partial charge in [-0.25, -0.2) is 15.0 Å². The molecule has 0 radical (unpaired) electrons. The molecule has 0 bridgehead atoms. The average molecular weight is 373 g/mol. The quantitative estimate of drug-likeness (QED) is 0.482. The summed E-state index contributed by atoms with van der Waals surface area (Å²) in [6.45, 7) is 0.742. The number of aromatic nitrogens is 4. The Bertz CT molecular complexity index is 871. The Balaban J connectivity index is 1.76. The van der Waals surface area contributed by atoms with E-state index in [1.54, 1.807) is 0 Å². The Morgan fingerprint density at radius 3 is 2.72 bits per heavy atom. The molecule has 12 nitrogen and oxygen atoms in total. The highest BCUT2D eigenvalue weighted by Gasteiger charge is 2.63. The number of ether oxygens (including phenoxy) is 3. The van der Waals surface area contributed by atoms with Crippen LogP contribution < -0.4 is 5.73 Å². The Kier molecular flexibility index (Phi) is 3.64. The van der Waals surface area contributed by atoms with E-state index in [2.05, 4.69) is 15.0 Å². The summed E-state index contributed by atoms with van der Waals surface area (Å²) in [5.41, 5.74) is 4.36. The molecule has 13 heteroatoms. The maximum Gasteiger partial charge on any atom is 0.384 e. The van der Waals surface area contributed by atoms with Crippen molar-refractivity contribution in [2.24, 2.45) is 0 Å². The van der Waals surface area contributed by atoms with E-state index in [1.807, 2.05) is 0 Å². The lowest BCUT2D eigenvalue weighted by Crippen LogP contribution is -2.33. The molecule has 0 saturated carbocycles. The van der Waals surface area contributed by atoms with Crippen LogP contribution in [0.25, 0.3) is 11.2 Å². The van der Waals surface area contributed by atoms with Crippen molar-refractivity contribution in [3.8, 4) is 0 Å². The molecule has 5 N–H and O–H groups in total. The van der Waals surface area contributed by atoms with Crippen LogP contribution in [-0.2, 0) is 18.8 Å². The minimum Gasteiger partial charge on any atom is -0.394 e. The van der Waals surface area contributed by atoms with E-state index in [1.165, 1.54) is 17.2 Å². The van der Waals surface area contributed by atoms with Gasteiger partial charge in [0.05, 0.1) is 12.9 Å². The predicted octanol–water partition coefficient (Wildman–Crippen LogP) is -1.07. The number of nitrogens with two attached hydrogens (primary N) is 1. The third kappa shape index (κ3) is 2.38. The SMILES string of the molecule is CC1(P(=O)(O)O)O[C@@H]2[C@H](O1)[C@@H](CO)O[C@H]2n1cnc2c(N)ncnc21. The van der Waals surface area contributed by atoms with Crippen molar-refractivity contribution in [1.29, 1.82) is 0 Å². The molecular weight excluding hydrogens is 357 g/mol. The zero-order chi connectivity index (χ0) is 18.0. The van der Waals surface area contributed by atoms with Crippen molar-refractivity contribution < 1.29 is 33.7 Å². The van der Waals surface area contributed by atoms with Gasteiger partial charge in [-0.3, -0.25) is 9.13 Å². The average Bonchev–Trinajstić information content (AvgIpc) is 3.18. The largest absolute Gasteiger partial charge is 0.394 e. The van der Waals surface area contributed by atoms with Gasteiger partial charge in [-0.2, -0.15) is 0 Å². The van der Waals surface area contributed by atoms with Gasteiger partial charge in [-0.1, -0.05) is 0 Å². The summed E-state index contributed by atoms with van der Waals surface area (Å²) in [6, 6.07) is 0. The monoisotopic (exact) mass is 373 g/mol. The molecule has 2 aliphatic rings. The summed E-state index contributed by atoms with van der Waals surface area (Å²) in [5.74, 6) is 0.181. The molecule has 1 unspecified atom stereocenters. The lowest BCUT2D eigenvalue weighted by atomic mass is 10.1. The van der Waals surface area contributed by atoms with E-state index in [9.17, 15) is 19.5 Å². The van der Waals surface area contributed by atoms with Crippen LogP contribution in [-0.4, -0.2) is 64.9 Å². The van der Waals surface area contributed by atoms with Gasteiger partial charge in [-0.05, 0) is 0 Å². The summed E-state index contributed by atoms with van der Waals surface area (Å²) in [7, 11) is -4.73. The van der Waals surface area contributed by atoms with Gasteiger partial charge in [-0.15, -0.1) is 0 Å². The molecule has 0 aromatic carbocycles. The van der Waals surface area contributed by atoms with E-state index in [-0.39, 0.29) is 5.82 Å². The molecule has 5 atom stereocenters. The van der Waals surface area contributed by atoms with Crippen molar-refractivity contribution in [1.82, 2.24) is 19.5 Å². The van der Waals surface area contributed by atoms with E-state index in [4.69, 9.17) is 19.9 Å². The Morgan fingerprint density at radius 1 is 1.32 bits per heavy atom. The maximum atomic E-state index is 11.7. The molecule has 4 rings (SSSR count). The van der Waals surface area contributed by atoms with Gasteiger partial charge in [0.25, 0.3) is 5.53 Å². The first-order valence-corrected chi connectivity index (χ1v) is 8.97. The first-order chi connectivity index (χ1) is 11.7.